The topological polar surface area (TPSA) is 92.7 Å². The first-order valence-electron chi connectivity index (χ1n) is 24.2. The highest BCUT2D eigenvalue weighted by atomic mass is 32.2. The molecule has 0 aromatic heterocycles. The number of benzene rings is 1. The molecule has 2 N–H and O–H groups in total. The number of carbonyl (C=O) groups is 1. The fraction of sp³-hybridized carbons (Fsp3) is 0.755. The van der Waals surface area contributed by atoms with Crippen LogP contribution in [-0.4, -0.2) is 55.4 Å². The van der Waals surface area contributed by atoms with Gasteiger partial charge in [0.1, 0.15) is 23.1 Å². The van der Waals surface area contributed by atoms with Crippen molar-refractivity contribution in [2.24, 2.45) is 56.7 Å². The maximum absolute atomic E-state index is 14.8. The summed E-state index contributed by atoms with van der Waals surface area (Å²) in [5.74, 6) is 2.39. The largest absolute Gasteiger partial charge is 0.460 e. The van der Waals surface area contributed by atoms with Crippen molar-refractivity contribution in [2.75, 3.05) is 19.5 Å². The quantitative estimate of drug-likeness (QED) is 0.170. The smallest absolute Gasteiger partial charge is 0.315 e. The number of hydrogen-bond donors (Lipinski definition) is 2. The molecule has 0 spiro atoms. The first-order valence-corrected chi connectivity index (χ1v) is 26.1. The number of carbonyl (C=O) groups excluding carboxylic acids is 1. The summed E-state index contributed by atoms with van der Waals surface area (Å²) in [6, 6.07) is 9.65. The molecule has 0 radical (unpaired) electrons. The number of aliphatic hydroxyl groups is 1. The summed E-state index contributed by atoms with van der Waals surface area (Å²) in [7, 11) is -3.07. The molecule has 10 atom stereocenters. The van der Waals surface area contributed by atoms with E-state index < -0.39 is 33.5 Å². The van der Waals surface area contributed by atoms with Crippen LogP contribution in [0.25, 0.3) is 0 Å². The molecule has 61 heavy (non-hydrogen) atoms. The molecule has 0 aliphatic heterocycles. The van der Waals surface area contributed by atoms with E-state index in [4.69, 9.17) is 4.74 Å². The molecule has 0 bridgehead atoms. The lowest BCUT2D eigenvalue weighted by Gasteiger charge is -2.72. The van der Waals surface area contributed by atoms with Gasteiger partial charge in [-0.15, -0.1) is 0 Å². The predicted molar refractivity (Wildman–Crippen MR) is 244 cm³/mol. The van der Waals surface area contributed by atoms with E-state index in [0.717, 1.165) is 31.4 Å². The monoisotopic (exact) mass is 860 g/mol. The Kier molecular flexibility index (Phi) is 11.9. The zero-order chi connectivity index (χ0) is 43.9. The van der Waals surface area contributed by atoms with Crippen molar-refractivity contribution in [3.63, 3.8) is 0 Å². The number of fused-ring (bicyclic) bond motifs is 7. The van der Waals surface area contributed by atoms with Crippen LogP contribution in [0.1, 0.15) is 156 Å². The van der Waals surface area contributed by atoms with Gasteiger partial charge in [-0.3, -0.25) is 4.79 Å². The highest BCUT2D eigenvalue weighted by molar-refractivity contribution is 7.91. The number of alkyl halides is 1. The van der Waals surface area contributed by atoms with Gasteiger partial charge in [-0.1, -0.05) is 89.3 Å². The molecule has 8 heteroatoms. The normalized spacial score (nSPS) is 43.1. The first kappa shape index (κ1) is 45.3. The Morgan fingerprint density at radius 1 is 0.869 bits per heavy atom. The highest BCUT2D eigenvalue weighted by Gasteiger charge is 2.70. The van der Waals surface area contributed by atoms with Crippen molar-refractivity contribution in [1.82, 2.24) is 5.32 Å². The van der Waals surface area contributed by atoms with Crippen molar-refractivity contribution in [2.45, 2.75) is 174 Å². The first-order chi connectivity index (χ1) is 28.7. The van der Waals surface area contributed by atoms with Gasteiger partial charge in [0.2, 0.25) is 0 Å². The summed E-state index contributed by atoms with van der Waals surface area (Å²) in [4.78, 5) is 13.4. The average molecular weight is 860 g/mol. The molecule has 10 unspecified atom stereocenters. The number of halogens is 1. The molecule has 0 heterocycles. The van der Waals surface area contributed by atoms with Crippen LogP contribution in [0, 0.1) is 56.7 Å². The average Bonchev–Trinajstić information content (AvgIpc) is 3.60. The van der Waals surface area contributed by atoms with Crippen LogP contribution in [0.2, 0.25) is 0 Å². The Balaban J connectivity index is 0.987. The Hall–Kier alpha value is -2.29. The molecule has 5 saturated carbocycles. The number of ether oxygens (including phenoxy) is 1. The number of hydrogen-bond acceptors (Lipinski definition) is 6. The number of rotatable bonds is 11. The van der Waals surface area contributed by atoms with E-state index in [0.29, 0.717) is 81.0 Å². The fourth-order valence-electron chi connectivity index (χ4n) is 16.3. The summed E-state index contributed by atoms with van der Waals surface area (Å²) >= 11 is 0. The Morgan fingerprint density at radius 3 is 2.23 bits per heavy atom. The molecule has 7 aliphatic carbocycles. The number of allylic oxidation sites excluding steroid dienone is 5. The highest BCUT2D eigenvalue weighted by Crippen LogP contribution is 2.76. The molecule has 0 amide bonds. The third-order valence-electron chi connectivity index (χ3n) is 20.0. The van der Waals surface area contributed by atoms with E-state index >= 15 is 0 Å². The maximum atomic E-state index is 14.8. The van der Waals surface area contributed by atoms with Crippen molar-refractivity contribution >= 4 is 15.8 Å². The standard InChI is InChI=1S/C53H78FNO5S/c1-36(2)40-20-29-53(55-33-32-52(57)27-18-39(19-28-52)61(8,58)59)31-30-49(6)42(45(40)53)14-15-44-48(5)23-21-41(47(3,4)43(48)22-24-50(44,49)7)38-16-25-51(35-54,26-17-38)46(56)60-34-37-12-10-9-11-13-37/h9-13,16,21,39-40,42-45,55,57H,1,14-15,17-20,22-35H2,2-8H3. The van der Waals surface area contributed by atoms with Crippen LogP contribution < -0.4 is 5.32 Å². The van der Waals surface area contributed by atoms with Gasteiger partial charge in [0.05, 0.1) is 16.3 Å². The van der Waals surface area contributed by atoms with E-state index in [1.54, 1.807) is 0 Å². The zero-order valence-corrected chi connectivity index (χ0v) is 39.5. The lowest BCUT2D eigenvalue weighted by Crippen LogP contribution is -2.68. The lowest BCUT2D eigenvalue weighted by molar-refractivity contribution is -0.221. The second-order valence-corrected chi connectivity index (χ2v) is 25.6. The maximum Gasteiger partial charge on any atom is 0.315 e. The summed E-state index contributed by atoms with van der Waals surface area (Å²) in [6.07, 6.45) is 21.3. The number of sulfone groups is 1. The van der Waals surface area contributed by atoms with Crippen LogP contribution in [0.4, 0.5) is 4.39 Å². The summed E-state index contributed by atoms with van der Waals surface area (Å²) in [6.45, 7) is 20.1. The van der Waals surface area contributed by atoms with Crippen LogP contribution >= 0.6 is 0 Å². The van der Waals surface area contributed by atoms with Gasteiger partial charge in [-0.25, -0.2) is 12.8 Å². The third-order valence-corrected chi connectivity index (χ3v) is 21.7. The minimum Gasteiger partial charge on any atom is -0.460 e. The van der Waals surface area contributed by atoms with Crippen LogP contribution in [0.3, 0.4) is 0 Å². The molecular formula is C53H78FNO5S. The van der Waals surface area contributed by atoms with Gasteiger partial charge in [-0.05, 0) is 191 Å². The molecule has 8 rings (SSSR count). The second kappa shape index (κ2) is 16.0. The van der Waals surface area contributed by atoms with Gasteiger partial charge in [0.15, 0.2) is 0 Å². The molecule has 6 nitrogen and oxygen atoms in total. The van der Waals surface area contributed by atoms with E-state index in [1.165, 1.54) is 61.5 Å². The third kappa shape index (κ3) is 7.48. The number of esters is 1. The van der Waals surface area contributed by atoms with Crippen molar-refractivity contribution in [1.29, 1.82) is 0 Å². The molecule has 0 saturated heterocycles. The minimum atomic E-state index is -3.07. The van der Waals surface area contributed by atoms with Gasteiger partial charge in [-0.2, -0.15) is 0 Å². The van der Waals surface area contributed by atoms with Gasteiger partial charge in [0.25, 0.3) is 0 Å². The summed E-state index contributed by atoms with van der Waals surface area (Å²) < 4.78 is 45.0. The van der Waals surface area contributed by atoms with Gasteiger partial charge >= 0.3 is 5.97 Å². The second-order valence-electron chi connectivity index (χ2n) is 23.2. The van der Waals surface area contributed by atoms with E-state index in [9.17, 15) is 22.7 Å². The summed E-state index contributed by atoms with van der Waals surface area (Å²) in [5.41, 5.74) is 3.72. The number of nitrogens with one attached hydrogen (secondary N) is 1. The van der Waals surface area contributed by atoms with E-state index in [1.807, 2.05) is 30.3 Å². The van der Waals surface area contributed by atoms with Crippen LogP contribution in [0.15, 0.2) is 65.8 Å². The lowest BCUT2D eigenvalue weighted by atomic mass is 9.33. The minimum absolute atomic E-state index is 0.0301. The van der Waals surface area contributed by atoms with E-state index in [-0.39, 0.29) is 39.1 Å². The molecule has 1 aromatic carbocycles. The molecule has 7 aliphatic rings. The Morgan fingerprint density at radius 2 is 1.59 bits per heavy atom. The SMILES string of the molecule is C=C(C)C1CCC2(NCCC3(O)CCC(S(C)(=O)=O)CC3)CCC3(C)C(CCC4C5(C)CC=C(C6=CCC(CF)(C(=O)OCc7ccccc7)CC6)C(C)(C)C5CCC43C)C12. The fourth-order valence-corrected chi connectivity index (χ4v) is 17.4. The van der Waals surface area contributed by atoms with Crippen molar-refractivity contribution in [3.8, 4) is 0 Å². The molecule has 5 fully saturated rings. The van der Waals surface area contributed by atoms with Gasteiger partial charge < -0.3 is 15.2 Å². The van der Waals surface area contributed by atoms with Crippen LogP contribution in [0.5, 0.6) is 0 Å². The predicted octanol–water partition coefficient (Wildman–Crippen LogP) is 11.4. The Labute approximate surface area is 368 Å². The van der Waals surface area contributed by atoms with E-state index in [2.05, 4.69) is 65.6 Å². The van der Waals surface area contributed by atoms with Crippen LogP contribution in [-0.2, 0) is 26.0 Å². The molecule has 1 aromatic rings. The zero-order valence-electron chi connectivity index (χ0n) is 38.7. The van der Waals surface area contributed by atoms with Crippen molar-refractivity contribution in [3.05, 3.63) is 71.3 Å². The molecule has 338 valence electrons. The van der Waals surface area contributed by atoms with Gasteiger partial charge in [0, 0.05) is 11.8 Å². The Bertz CT molecular complexity index is 2020. The summed E-state index contributed by atoms with van der Waals surface area (Å²) in [5, 5.41) is 15.5. The van der Waals surface area contributed by atoms with Crippen molar-refractivity contribution < 1.29 is 27.4 Å². The molecular weight excluding hydrogens is 782 g/mol.